The van der Waals surface area contributed by atoms with Gasteiger partial charge in [-0.3, -0.25) is 0 Å². The minimum atomic E-state index is 0.330. The van der Waals surface area contributed by atoms with Crippen molar-refractivity contribution in [3.63, 3.8) is 0 Å². The lowest BCUT2D eigenvalue weighted by atomic mass is 9.92. The van der Waals surface area contributed by atoms with Crippen LogP contribution in [0, 0.1) is 11.8 Å². The first-order chi connectivity index (χ1) is 10.4. The van der Waals surface area contributed by atoms with Crippen LogP contribution in [0.3, 0.4) is 0 Å². The van der Waals surface area contributed by atoms with Crippen LogP contribution >= 0.6 is 0 Å². The Kier molecular flexibility index (Phi) is 3.52. The van der Waals surface area contributed by atoms with Gasteiger partial charge in [-0.1, -0.05) is 67.1 Å². The molecule has 21 heavy (non-hydrogen) atoms. The second-order valence-electron chi connectivity index (χ2n) is 6.70. The van der Waals surface area contributed by atoms with Gasteiger partial charge in [0.05, 0.1) is 6.04 Å². The summed E-state index contributed by atoms with van der Waals surface area (Å²) < 4.78 is 0. The van der Waals surface area contributed by atoms with Crippen molar-refractivity contribution in [2.24, 2.45) is 11.8 Å². The van der Waals surface area contributed by atoms with Gasteiger partial charge >= 0.3 is 0 Å². The molecule has 0 spiro atoms. The minimum absolute atomic E-state index is 0.330. The Bertz CT molecular complexity index is 538. The Labute approximate surface area is 127 Å². The summed E-state index contributed by atoms with van der Waals surface area (Å²) in [6.07, 6.45) is 5.72. The van der Waals surface area contributed by atoms with Gasteiger partial charge in [-0.15, -0.1) is 0 Å². The van der Waals surface area contributed by atoms with Gasteiger partial charge in [0, 0.05) is 6.04 Å². The molecule has 108 valence electrons. The molecule has 2 fully saturated rings. The summed E-state index contributed by atoms with van der Waals surface area (Å²) in [6, 6.07) is 22.8. The Hall–Kier alpha value is -1.60. The Morgan fingerprint density at radius 3 is 1.86 bits per heavy atom. The second kappa shape index (κ2) is 5.65. The van der Waals surface area contributed by atoms with Crippen molar-refractivity contribution in [1.82, 2.24) is 5.32 Å². The summed E-state index contributed by atoms with van der Waals surface area (Å²) in [6.45, 7) is 0. The fraction of sp³-hybridized carbons (Fsp3) is 0.400. The summed E-state index contributed by atoms with van der Waals surface area (Å²) in [5.41, 5.74) is 2.76. The van der Waals surface area contributed by atoms with Crippen molar-refractivity contribution in [2.75, 3.05) is 0 Å². The zero-order valence-corrected chi connectivity index (χ0v) is 12.4. The van der Waals surface area contributed by atoms with E-state index in [0.717, 1.165) is 11.8 Å². The summed E-state index contributed by atoms with van der Waals surface area (Å²) in [7, 11) is 0. The quantitative estimate of drug-likeness (QED) is 0.864. The molecule has 2 aliphatic rings. The van der Waals surface area contributed by atoms with E-state index in [-0.39, 0.29) is 0 Å². The highest BCUT2D eigenvalue weighted by Gasteiger charge is 2.40. The third-order valence-electron chi connectivity index (χ3n) is 5.38. The van der Waals surface area contributed by atoms with E-state index in [2.05, 4.69) is 66.0 Å². The molecule has 0 saturated heterocycles. The lowest BCUT2D eigenvalue weighted by Gasteiger charge is -2.29. The van der Waals surface area contributed by atoms with Gasteiger partial charge in [-0.2, -0.15) is 0 Å². The van der Waals surface area contributed by atoms with E-state index >= 15 is 0 Å². The first-order valence-corrected chi connectivity index (χ1v) is 8.26. The van der Waals surface area contributed by atoms with Gasteiger partial charge in [0.2, 0.25) is 0 Å². The van der Waals surface area contributed by atoms with E-state index in [0.29, 0.717) is 12.1 Å². The van der Waals surface area contributed by atoms with Crippen molar-refractivity contribution < 1.29 is 0 Å². The molecule has 0 aliphatic heterocycles. The number of hydrogen-bond acceptors (Lipinski definition) is 1. The van der Waals surface area contributed by atoms with Crippen LogP contribution in [0.1, 0.15) is 42.9 Å². The molecule has 1 heteroatoms. The molecular weight excluding hydrogens is 254 g/mol. The number of hydrogen-bond donors (Lipinski definition) is 1. The van der Waals surface area contributed by atoms with Crippen LogP contribution in [-0.4, -0.2) is 6.04 Å². The average Bonchev–Trinajstić information content (AvgIpc) is 3.17. The standard InChI is InChI=1S/C20H23N/c1-3-7-16(8-4-1)20(17-9-5-2-6-10-17)21-19-14-15-11-12-18(19)13-15/h1-10,15,18-21H,11-14H2/t15-,18-,19+/m1/s1. The van der Waals surface area contributed by atoms with Gasteiger partial charge in [0.15, 0.2) is 0 Å². The van der Waals surface area contributed by atoms with Gasteiger partial charge in [0.25, 0.3) is 0 Å². The molecule has 0 unspecified atom stereocenters. The fourth-order valence-electron chi connectivity index (χ4n) is 4.34. The van der Waals surface area contributed by atoms with Crippen molar-refractivity contribution in [3.05, 3.63) is 71.8 Å². The van der Waals surface area contributed by atoms with Gasteiger partial charge < -0.3 is 5.32 Å². The van der Waals surface area contributed by atoms with E-state index in [4.69, 9.17) is 0 Å². The molecule has 4 rings (SSSR count). The van der Waals surface area contributed by atoms with E-state index in [1.807, 2.05) is 0 Å². The van der Waals surface area contributed by atoms with Crippen molar-refractivity contribution in [3.8, 4) is 0 Å². The molecule has 0 aromatic heterocycles. The maximum absolute atomic E-state index is 3.98. The highest BCUT2D eigenvalue weighted by molar-refractivity contribution is 5.31. The summed E-state index contributed by atoms with van der Waals surface area (Å²) in [4.78, 5) is 0. The maximum Gasteiger partial charge on any atom is 0.0578 e. The second-order valence-corrected chi connectivity index (χ2v) is 6.70. The van der Waals surface area contributed by atoms with Crippen LogP contribution in [0.5, 0.6) is 0 Å². The third kappa shape index (κ3) is 2.63. The molecule has 2 saturated carbocycles. The summed E-state index contributed by atoms with van der Waals surface area (Å²) in [5, 5.41) is 3.98. The maximum atomic E-state index is 3.98. The zero-order valence-electron chi connectivity index (χ0n) is 12.4. The predicted octanol–water partition coefficient (Wildman–Crippen LogP) is 4.55. The number of fused-ring (bicyclic) bond motifs is 2. The molecule has 0 radical (unpaired) electrons. The highest BCUT2D eigenvalue weighted by Crippen LogP contribution is 2.45. The Balaban J connectivity index is 1.61. The molecule has 2 aliphatic carbocycles. The molecule has 2 bridgehead atoms. The number of nitrogens with one attached hydrogen (secondary N) is 1. The Morgan fingerprint density at radius 1 is 0.762 bits per heavy atom. The van der Waals surface area contributed by atoms with E-state index in [9.17, 15) is 0 Å². The van der Waals surface area contributed by atoms with Gasteiger partial charge in [-0.25, -0.2) is 0 Å². The lowest BCUT2D eigenvalue weighted by Crippen LogP contribution is -2.37. The lowest BCUT2D eigenvalue weighted by molar-refractivity contribution is 0.334. The average molecular weight is 277 g/mol. The Morgan fingerprint density at radius 2 is 1.38 bits per heavy atom. The molecule has 1 nitrogen and oxygen atoms in total. The molecular formula is C20H23N. The number of benzene rings is 2. The van der Waals surface area contributed by atoms with E-state index in [1.54, 1.807) is 0 Å². The first-order valence-electron chi connectivity index (χ1n) is 8.26. The molecule has 0 amide bonds. The minimum Gasteiger partial charge on any atom is -0.303 e. The first kappa shape index (κ1) is 13.1. The zero-order chi connectivity index (χ0) is 14.1. The number of rotatable bonds is 4. The van der Waals surface area contributed by atoms with E-state index in [1.165, 1.54) is 36.8 Å². The van der Waals surface area contributed by atoms with Gasteiger partial charge in [0.1, 0.15) is 0 Å². The monoisotopic (exact) mass is 277 g/mol. The van der Waals surface area contributed by atoms with Crippen LogP contribution in [0.2, 0.25) is 0 Å². The van der Waals surface area contributed by atoms with Crippen molar-refractivity contribution in [1.29, 1.82) is 0 Å². The van der Waals surface area contributed by atoms with Gasteiger partial charge in [-0.05, 0) is 42.2 Å². The molecule has 3 atom stereocenters. The predicted molar refractivity (Wildman–Crippen MR) is 87.1 cm³/mol. The van der Waals surface area contributed by atoms with Crippen LogP contribution < -0.4 is 5.32 Å². The van der Waals surface area contributed by atoms with Crippen LogP contribution in [0.4, 0.5) is 0 Å². The molecule has 0 heterocycles. The summed E-state index contributed by atoms with van der Waals surface area (Å²) in [5.74, 6) is 1.89. The topological polar surface area (TPSA) is 12.0 Å². The van der Waals surface area contributed by atoms with Crippen molar-refractivity contribution in [2.45, 2.75) is 37.8 Å². The molecule has 2 aromatic carbocycles. The normalized spacial score (nSPS) is 27.4. The largest absolute Gasteiger partial charge is 0.303 e. The molecule has 2 aromatic rings. The highest BCUT2D eigenvalue weighted by atomic mass is 15.0. The van der Waals surface area contributed by atoms with Crippen molar-refractivity contribution >= 4 is 0 Å². The summed E-state index contributed by atoms with van der Waals surface area (Å²) >= 11 is 0. The fourth-order valence-corrected chi connectivity index (χ4v) is 4.34. The van der Waals surface area contributed by atoms with Crippen LogP contribution in [0.25, 0.3) is 0 Å². The SMILES string of the molecule is c1ccc(C(N[C@H]2C[C@@H]3CC[C@@H]2C3)c2ccccc2)cc1. The van der Waals surface area contributed by atoms with Crippen LogP contribution in [-0.2, 0) is 0 Å². The van der Waals surface area contributed by atoms with E-state index < -0.39 is 0 Å². The smallest absolute Gasteiger partial charge is 0.0578 e. The third-order valence-corrected chi connectivity index (χ3v) is 5.38. The molecule has 1 N–H and O–H groups in total. The van der Waals surface area contributed by atoms with Crippen LogP contribution in [0.15, 0.2) is 60.7 Å².